The van der Waals surface area contributed by atoms with E-state index in [1.165, 1.54) is 19.3 Å². The molecule has 20 heavy (non-hydrogen) atoms. The predicted molar refractivity (Wildman–Crippen MR) is 84.9 cm³/mol. The summed E-state index contributed by atoms with van der Waals surface area (Å²) in [7, 11) is 0. The Bertz CT molecular complexity index is 428. The second-order valence-corrected chi connectivity index (χ2v) is 6.16. The van der Waals surface area contributed by atoms with Gasteiger partial charge in [-0.2, -0.15) is 0 Å². The van der Waals surface area contributed by atoms with Gasteiger partial charge in [-0.3, -0.25) is 0 Å². The van der Waals surface area contributed by atoms with Gasteiger partial charge >= 0.3 is 0 Å². The molecule has 1 N–H and O–H groups in total. The van der Waals surface area contributed by atoms with E-state index >= 15 is 0 Å². The Labute approximate surface area is 129 Å². The lowest BCUT2D eigenvalue weighted by atomic mass is 9.84. The largest absolute Gasteiger partial charge is 0.369 e. The standard InChI is InChI=1S/C15H24BrN3O/c1-3-10-17-13-12(16)11-18-14(19-13)15(20-4-2)8-6-5-7-9-15/h11H,3-10H2,1-2H3,(H,17,18,19). The summed E-state index contributed by atoms with van der Waals surface area (Å²) in [6, 6.07) is 0. The average Bonchev–Trinajstić information content (AvgIpc) is 2.47. The first-order chi connectivity index (χ1) is 9.72. The lowest BCUT2D eigenvalue weighted by Gasteiger charge is -2.35. The molecule has 0 saturated heterocycles. The number of rotatable bonds is 6. The minimum Gasteiger partial charge on any atom is -0.369 e. The zero-order valence-electron chi connectivity index (χ0n) is 12.4. The van der Waals surface area contributed by atoms with E-state index in [2.05, 4.69) is 33.2 Å². The fourth-order valence-electron chi connectivity index (χ4n) is 2.79. The molecule has 4 nitrogen and oxygen atoms in total. The first kappa shape index (κ1) is 15.7. The van der Waals surface area contributed by atoms with Crippen molar-refractivity contribution < 1.29 is 4.74 Å². The Balaban J connectivity index is 2.28. The molecule has 0 spiro atoms. The molecular weight excluding hydrogens is 318 g/mol. The smallest absolute Gasteiger partial charge is 0.162 e. The van der Waals surface area contributed by atoms with Crippen molar-refractivity contribution in [2.24, 2.45) is 0 Å². The van der Waals surface area contributed by atoms with E-state index in [9.17, 15) is 0 Å². The van der Waals surface area contributed by atoms with Crippen LogP contribution in [0.5, 0.6) is 0 Å². The van der Waals surface area contributed by atoms with Crippen molar-refractivity contribution in [3.63, 3.8) is 0 Å². The molecule has 1 heterocycles. The monoisotopic (exact) mass is 341 g/mol. The molecule has 1 saturated carbocycles. The van der Waals surface area contributed by atoms with Crippen LogP contribution in [0.3, 0.4) is 0 Å². The van der Waals surface area contributed by atoms with Gasteiger partial charge in [0.15, 0.2) is 5.82 Å². The lowest BCUT2D eigenvalue weighted by Crippen LogP contribution is -2.34. The summed E-state index contributed by atoms with van der Waals surface area (Å²) < 4.78 is 7.00. The Morgan fingerprint density at radius 2 is 2.05 bits per heavy atom. The second kappa shape index (κ2) is 7.36. The maximum Gasteiger partial charge on any atom is 0.162 e. The predicted octanol–water partition coefficient (Wildman–Crippen LogP) is 4.26. The average molecular weight is 342 g/mol. The molecule has 1 aliphatic rings. The normalized spacial score (nSPS) is 17.9. The van der Waals surface area contributed by atoms with Crippen LogP contribution in [0.2, 0.25) is 0 Å². The summed E-state index contributed by atoms with van der Waals surface area (Å²) >= 11 is 3.51. The van der Waals surface area contributed by atoms with Crippen LogP contribution in [-0.2, 0) is 10.3 Å². The number of nitrogens with zero attached hydrogens (tertiary/aromatic N) is 2. The van der Waals surface area contributed by atoms with Crippen molar-refractivity contribution in [2.45, 2.75) is 58.0 Å². The Morgan fingerprint density at radius 1 is 1.30 bits per heavy atom. The molecule has 1 aromatic heterocycles. The second-order valence-electron chi connectivity index (χ2n) is 5.30. The number of nitrogens with one attached hydrogen (secondary N) is 1. The van der Waals surface area contributed by atoms with Gasteiger partial charge in [-0.05, 0) is 42.1 Å². The van der Waals surface area contributed by atoms with Crippen molar-refractivity contribution >= 4 is 21.7 Å². The molecule has 0 aromatic carbocycles. The van der Waals surface area contributed by atoms with Crippen molar-refractivity contribution in [2.75, 3.05) is 18.5 Å². The minimum atomic E-state index is -0.281. The SMILES string of the molecule is CCCNc1nc(C2(OCC)CCCCC2)ncc1Br. The highest BCUT2D eigenvalue weighted by Gasteiger charge is 2.37. The number of hydrogen-bond donors (Lipinski definition) is 1. The van der Waals surface area contributed by atoms with Gasteiger partial charge in [0, 0.05) is 19.3 Å². The molecule has 1 aromatic rings. The molecule has 2 rings (SSSR count). The molecule has 0 unspecified atom stereocenters. The summed E-state index contributed by atoms with van der Waals surface area (Å²) in [4.78, 5) is 9.27. The van der Waals surface area contributed by atoms with Gasteiger partial charge in [-0.25, -0.2) is 9.97 Å². The summed E-state index contributed by atoms with van der Waals surface area (Å²) in [5.41, 5.74) is -0.281. The van der Waals surface area contributed by atoms with Gasteiger partial charge in [0.1, 0.15) is 11.4 Å². The number of aromatic nitrogens is 2. The van der Waals surface area contributed by atoms with E-state index in [0.717, 1.165) is 41.9 Å². The number of ether oxygens (including phenoxy) is 1. The summed E-state index contributed by atoms with van der Waals surface area (Å²) in [6.07, 6.45) is 8.63. The molecule has 0 bridgehead atoms. The Kier molecular flexibility index (Phi) is 5.78. The topological polar surface area (TPSA) is 47.0 Å². The Morgan fingerprint density at radius 3 is 2.70 bits per heavy atom. The third-order valence-corrected chi connectivity index (χ3v) is 4.36. The molecule has 0 radical (unpaired) electrons. The van der Waals surface area contributed by atoms with Crippen LogP contribution >= 0.6 is 15.9 Å². The maximum absolute atomic E-state index is 6.09. The van der Waals surface area contributed by atoms with Crippen molar-refractivity contribution in [1.29, 1.82) is 0 Å². The highest BCUT2D eigenvalue weighted by molar-refractivity contribution is 9.10. The quantitative estimate of drug-likeness (QED) is 0.839. The molecule has 0 atom stereocenters. The molecule has 112 valence electrons. The number of hydrogen-bond acceptors (Lipinski definition) is 4. The van der Waals surface area contributed by atoms with Gasteiger partial charge in [0.2, 0.25) is 0 Å². The summed E-state index contributed by atoms with van der Waals surface area (Å²) in [5, 5.41) is 3.35. The van der Waals surface area contributed by atoms with E-state index < -0.39 is 0 Å². The molecule has 0 aliphatic heterocycles. The van der Waals surface area contributed by atoms with Gasteiger partial charge in [0.05, 0.1) is 4.47 Å². The van der Waals surface area contributed by atoms with Crippen molar-refractivity contribution in [1.82, 2.24) is 9.97 Å². The third kappa shape index (κ3) is 3.50. The fourth-order valence-corrected chi connectivity index (χ4v) is 3.12. The highest BCUT2D eigenvalue weighted by Crippen LogP contribution is 2.39. The lowest BCUT2D eigenvalue weighted by molar-refractivity contribution is -0.0766. The Hall–Kier alpha value is -0.680. The van der Waals surface area contributed by atoms with E-state index in [0.29, 0.717) is 6.61 Å². The first-order valence-corrected chi connectivity index (χ1v) is 8.42. The van der Waals surface area contributed by atoms with Crippen molar-refractivity contribution in [3.8, 4) is 0 Å². The third-order valence-electron chi connectivity index (χ3n) is 3.78. The van der Waals surface area contributed by atoms with E-state index in [1.54, 1.807) is 0 Å². The van der Waals surface area contributed by atoms with Crippen LogP contribution in [0.4, 0.5) is 5.82 Å². The molecule has 5 heteroatoms. The van der Waals surface area contributed by atoms with Crippen LogP contribution < -0.4 is 5.32 Å². The van der Waals surface area contributed by atoms with Gasteiger partial charge in [-0.1, -0.05) is 26.2 Å². The minimum absolute atomic E-state index is 0.281. The van der Waals surface area contributed by atoms with Crippen LogP contribution in [0.25, 0.3) is 0 Å². The van der Waals surface area contributed by atoms with Gasteiger partial charge in [0.25, 0.3) is 0 Å². The first-order valence-electron chi connectivity index (χ1n) is 7.62. The molecule has 0 amide bonds. The van der Waals surface area contributed by atoms with Crippen LogP contribution in [0.1, 0.15) is 58.2 Å². The number of halogens is 1. The molecule has 1 fully saturated rings. The van der Waals surface area contributed by atoms with Gasteiger partial charge < -0.3 is 10.1 Å². The van der Waals surface area contributed by atoms with E-state index in [4.69, 9.17) is 9.72 Å². The molecular formula is C15H24BrN3O. The summed E-state index contributed by atoms with van der Waals surface area (Å²) in [6.45, 7) is 5.81. The zero-order chi connectivity index (χ0) is 14.4. The van der Waals surface area contributed by atoms with Gasteiger partial charge in [-0.15, -0.1) is 0 Å². The van der Waals surface area contributed by atoms with E-state index in [-0.39, 0.29) is 5.60 Å². The van der Waals surface area contributed by atoms with Crippen LogP contribution in [0.15, 0.2) is 10.7 Å². The van der Waals surface area contributed by atoms with Crippen molar-refractivity contribution in [3.05, 3.63) is 16.5 Å². The summed E-state index contributed by atoms with van der Waals surface area (Å²) in [5.74, 6) is 1.71. The maximum atomic E-state index is 6.09. The zero-order valence-corrected chi connectivity index (χ0v) is 14.0. The molecule has 1 aliphatic carbocycles. The van der Waals surface area contributed by atoms with Crippen LogP contribution in [0, 0.1) is 0 Å². The number of anilines is 1. The highest BCUT2D eigenvalue weighted by atomic mass is 79.9. The van der Waals surface area contributed by atoms with E-state index in [1.807, 2.05) is 13.1 Å². The fraction of sp³-hybridized carbons (Fsp3) is 0.733. The van der Waals surface area contributed by atoms with Crippen LogP contribution in [-0.4, -0.2) is 23.1 Å².